The van der Waals surface area contributed by atoms with E-state index in [1.54, 1.807) is 23.5 Å². The summed E-state index contributed by atoms with van der Waals surface area (Å²) in [5, 5.41) is 3.70. The van der Waals surface area contributed by atoms with Crippen molar-refractivity contribution in [3.05, 3.63) is 65.2 Å². The molecule has 0 fully saturated rings. The van der Waals surface area contributed by atoms with E-state index in [1.807, 2.05) is 61.5 Å². The van der Waals surface area contributed by atoms with Crippen LogP contribution in [0.1, 0.15) is 12.5 Å². The molecule has 0 saturated carbocycles. The third-order valence-corrected chi connectivity index (χ3v) is 5.67. The van der Waals surface area contributed by atoms with E-state index in [4.69, 9.17) is 11.6 Å². The molecule has 0 saturated heterocycles. The number of halogens is 1. The van der Waals surface area contributed by atoms with E-state index in [0.29, 0.717) is 6.54 Å². The SMILES string of the molecule is C[C@@H](Sc1ccccc1)C(=O)NCCSCc1ccccc1Cl. The van der Waals surface area contributed by atoms with Gasteiger partial charge in [0.1, 0.15) is 0 Å². The highest BCUT2D eigenvalue weighted by Gasteiger charge is 2.13. The number of thioether (sulfide) groups is 2. The summed E-state index contributed by atoms with van der Waals surface area (Å²) in [5.41, 5.74) is 1.14. The number of carbonyl (C=O) groups is 1. The Hall–Kier alpha value is -1.10. The summed E-state index contributed by atoms with van der Waals surface area (Å²) in [6.45, 7) is 2.61. The predicted octanol–water partition coefficient (Wildman–Crippen LogP) is 4.87. The molecular formula is C18H20ClNOS2. The van der Waals surface area contributed by atoms with E-state index < -0.39 is 0 Å². The minimum atomic E-state index is -0.0917. The molecule has 0 radical (unpaired) electrons. The van der Waals surface area contributed by atoms with Gasteiger partial charge in [-0.2, -0.15) is 11.8 Å². The Balaban J connectivity index is 1.64. The molecule has 122 valence electrons. The fourth-order valence-corrected chi connectivity index (χ4v) is 4.00. The summed E-state index contributed by atoms with van der Waals surface area (Å²) in [6, 6.07) is 17.9. The summed E-state index contributed by atoms with van der Waals surface area (Å²) >= 11 is 9.47. The summed E-state index contributed by atoms with van der Waals surface area (Å²) in [5.74, 6) is 1.82. The lowest BCUT2D eigenvalue weighted by atomic mass is 10.2. The first kappa shape index (κ1) is 18.2. The van der Waals surface area contributed by atoms with E-state index in [-0.39, 0.29) is 11.2 Å². The van der Waals surface area contributed by atoms with Gasteiger partial charge in [-0.3, -0.25) is 4.79 Å². The lowest BCUT2D eigenvalue weighted by Crippen LogP contribution is -2.32. The van der Waals surface area contributed by atoms with Crippen LogP contribution in [0.4, 0.5) is 0 Å². The van der Waals surface area contributed by atoms with Gasteiger partial charge in [0.2, 0.25) is 5.91 Å². The van der Waals surface area contributed by atoms with E-state index >= 15 is 0 Å². The number of carbonyl (C=O) groups excluding carboxylic acids is 1. The predicted molar refractivity (Wildman–Crippen MR) is 102 cm³/mol. The number of hydrogen-bond donors (Lipinski definition) is 1. The Bertz CT molecular complexity index is 621. The van der Waals surface area contributed by atoms with Crippen LogP contribution < -0.4 is 5.32 Å². The topological polar surface area (TPSA) is 29.1 Å². The van der Waals surface area contributed by atoms with Crippen LogP contribution in [0.25, 0.3) is 0 Å². The Morgan fingerprint density at radius 3 is 2.57 bits per heavy atom. The third kappa shape index (κ3) is 6.50. The second-order valence-corrected chi connectivity index (χ2v) is 7.93. The van der Waals surface area contributed by atoms with Crippen molar-refractivity contribution >= 4 is 41.0 Å². The number of amides is 1. The molecular weight excluding hydrogens is 346 g/mol. The summed E-state index contributed by atoms with van der Waals surface area (Å²) < 4.78 is 0. The fraction of sp³-hybridized carbons (Fsp3) is 0.278. The Labute approximate surface area is 151 Å². The maximum atomic E-state index is 12.1. The van der Waals surface area contributed by atoms with E-state index in [0.717, 1.165) is 27.0 Å². The zero-order valence-electron chi connectivity index (χ0n) is 13.0. The lowest BCUT2D eigenvalue weighted by Gasteiger charge is -2.12. The highest BCUT2D eigenvalue weighted by atomic mass is 35.5. The van der Waals surface area contributed by atoms with Crippen LogP contribution >= 0.6 is 35.1 Å². The van der Waals surface area contributed by atoms with Crippen LogP contribution in [-0.4, -0.2) is 23.5 Å². The van der Waals surface area contributed by atoms with Crippen molar-refractivity contribution in [2.24, 2.45) is 0 Å². The van der Waals surface area contributed by atoms with Gasteiger partial charge >= 0.3 is 0 Å². The van der Waals surface area contributed by atoms with E-state index in [9.17, 15) is 4.79 Å². The van der Waals surface area contributed by atoms with Gasteiger partial charge in [0.05, 0.1) is 5.25 Å². The molecule has 0 aliphatic heterocycles. The molecule has 2 aromatic rings. The van der Waals surface area contributed by atoms with Gasteiger partial charge in [-0.1, -0.05) is 48.0 Å². The molecule has 1 amide bonds. The molecule has 0 bridgehead atoms. The first-order valence-corrected chi connectivity index (χ1v) is 9.88. The number of hydrogen-bond acceptors (Lipinski definition) is 3. The molecule has 2 rings (SSSR count). The molecule has 1 N–H and O–H groups in total. The second kappa shape index (κ2) is 9.91. The molecule has 0 aliphatic carbocycles. The molecule has 2 nitrogen and oxygen atoms in total. The summed E-state index contributed by atoms with van der Waals surface area (Å²) in [4.78, 5) is 13.2. The smallest absolute Gasteiger partial charge is 0.233 e. The minimum Gasteiger partial charge on any atom is -0.354 e. The monoisotopic (exact) mass is 365 g/mol. The van der Waals surface area contributed by atoms with Crippen LogP contribution in [-0.2, 0) is 10.5 Å². The second-order valence-electron chi connectivity index (χ2n) is 5.01. The van der Waals surface area contributed by atoms with Crippen molar-refractivity contribution in [1.29, 1.82) is 0 Å². The maximum absolute atomic E-state index is 12.1. The van der Waals surface area contributed by atoms with Crippen LogP contribution in [0.2, 0.25) is 5.02 Å². The first-order chi connectivity index (χ1) is 11.2. The Morgan fingerprint density at radius 1 is 1.13 bits per heavy atom. The standard InChI is InChI=1S/C18H20ClNOS2/c1-14(23-16-8-3-2-4-9-16)18(21)20-11-12-22-13-15-7-5-6-10-17(15)19/h2-10,14H,11-13H2,1H3,(H,20,21)/t14-/m1/s1. The molecule has 0 unspecified atom stereocenters. The van der Waals surface area contributed by atoms with Crippen LogP contribution in [0.15, 0.2) is 59.5 Å². The van der Waals surface area contributed by atoms with Crippen molar-refractivity contribution in [3.8, 4) is 0 Å². The molecule has 2 aromatic carbocycles. The fourth-order valence-electron chi connectivity index (χ4n) is 1.94. The van der Waals surface area contributed by atoms with Gasteiger partial charge in [0.15, 0.2) is 0 Å². The number of nitrogens with one attached hydrogen (secondary N) is 1. The highest BCUT2D eigenvalue weighted by Crippen LogP contribution is 2.23. The summed E-state index contributed by atoms with van der Waals surface area (Å²) in [6.07, 6.45) is 0. The first-order valence-electron chi connectivity index (χ1n) is 7.47. The maximum Gasteiger partial charge on any atom is 0.233 e. The lowest BCUT2D eigenvalue weighted by molar-refractivity contribution is -0.120. The van der Waals surface area contributed by atoms with Crippen molar-refractivity contribution < 1.29 is 4.79 Å². The van der Waals surface area contributed by atoms with Gasteiger partial charge in [-0.05, 0) is 30.7 Å². The van der Waals surface area contributed by atoms with Crippen molar-refractivity contribution in [2.75, 3.05) is 12.3 Å². The van der Waals surface area contributed by atoms with Crippen LogP contribution in [0.5, 0.6) is 0 Å². The molecule has 5 heteroatoms. The average Bonchev–Trinajstić information content (AvgIpc) is 2.57. The summed E-state index contributed by atoms with van der Waals surface area (Å²) in [7, 11) is 0. The van der Waals surface area contributed by atoms with Gasteiger partial charge < -0.3 is 5.32 Å². The van der Waals surface area contributed by atoms with Gasteiger partial charge in [-0.15, -0.1) is 11.8 Å². The van der Waals surface area contributed by atoms with E-state index in [1.165, 1.54) is 0 Å². The number of rotatable bonds is 8. The third-order valence-electron chi connectivity index (χ3n) is 3.19. The van der Waals surface area contributed by atoms with Gasteiger partial charge in [0, 0.05) is 28.0 Å². The zero-order valence-corrected chi connectivity index (χ0v) is 15.4. The molecule has 0 aromatic heterocycles. The molecule has 0 spiro atoms. The van der Waals surface area contributed by atoms with E-state index in [2.05, 4.69) is 5.32 Å². The highest BCUT2D eigenvalue weighted by molar-refractivity contribution is 8.00. The molecule has 0 aliphatic rings. The van der Waals surface area contributed by atoms with Crippen molar-refractivity contribution in [1.82, 2.24) is 5.32 Å². The van der Waals surface area contributed by atoms with Crippen LogP contribution in [0.3, 0.4) is 0 Å². The quantitative estimate of drug-likeness (QED) is 0.534. The Morgan fingerprint density at radius 2 is 1.83 bits per heavy atom. The van der Waals surface area contributed by atoms with Crippen molar-refractivity contribution in [3.63, 3.8) is 0 Å². The Kier molecular flexibility index (Phi) is 7.86. The minimum absolute atomic E-state index is 0.0807. The molecule has 23 heavy (non-hydrogen) atoms. The van der Waals surface area contributed by atoms with Crippen LogP contribution in [0, 0.1) is 0 Å². The largest absolute Gasteiger partial charge is 0.354 e. The average molecular weight is 366 g/mol. The molecule has 0 heterocycles. The normalized spacial score (nSPS) is 11.9. The number of benzene rings is 2. The molecule has 1 atom stereocenters. The van der Waals surface area contributed by atoms with Gasteiger partial charge in [0.25, 0.3) is 0 Å². The van der Waals surface area contributed by atoms with Gasteiger partial charge in [-0.25, -0.2) is 0 Å². The zero-order chi connectivity index (χ0) is 16.5. The van der Waals surface area contributed by atoms with Crippen molar-refractivity contribution in [2.45, 2.75) is 22.8 Å².